The fraction of sp³-hybridized carbons (Fsp3) is 0.562. The van der Waals surface area contributed by atoms with Crippen LogP contribution in [0.4, 0.5) is 0 Å². The molecule has 1 saturated carbocycles. The Labute approximate surface area is 111 Å². The van der Waals surface area contributed by atoms with Crippen molar-refractivity contribution in [3.63, 3.8) is 0 Å². The Morgan fingerprint density at radius 3 is 2.17 bits per heavy atom. The second-order valence-electron chi connectivity index (χ2n) is 4.80. The molecule has 0 unspecified atom stereocenters. The predicted octanol–water partition coefficient (Wildman–Crippen LogP) is 4.02. The summed E-state index contributed by atoms with van der Waals surface area (Å²) in [6, 6.07) is 9.83. The van der Waals surface area contributed by atoms with Gasteiger partial charge in [0.1, 0.15) is 0 Å². The quantitative estimate of drug-likeness (QED) is 0.840. The van der Waals surface area contributed by atoms with Gasteiger partial charge < -0.3 is 5.32 Å². The summed E-state index contributed by atoms with van der Waals surface area (Å²) in [4.78, 5) is 11.9. The average Bonchev–Trinajstić information content (AvgIpc) is 2.44. The van der Waals surface area contributed by atoms with Crippen molar-refractivity contribution in [1.29, 1.82) is 0 Å². The maximum absolute atomic E-state index is 11.9. The molecule has 0 heterocycles. The molecule has 18 heavy (non-hydrogen) atoms. The van der Waals surface area contributed by atoms with Crippen LogP contribution in [0.1, 0.15) is 56.8 Å². The molecule has 0 bridgehead atoms. The van der Waals surface area contributed by atoms with Crippen molar-refractivity contribution in [2.45, 2.75) is 52.5 Å². The molecular weight excluding hydrogens is 222 g/mol. The van der Waals surface area contributed by atoms with Gasteiger partial charge in [0.2, 0.25) is 0 Å². The maximum atomic E-state index is 11.9. The van der Waals surface area contributed by atoms with Crippen LogP contribution in [0.15, 0.2) is 30.3 Å². The summed E-state index contributed by atoms with van der Waals surface area (Å²) in [5.74, 6) is 0.894. The standard InChI is InChI=1S/C14H19NO.C2H6/c1-11-7-9-13(10-8-11)15-14(16)12-5-3-2-4-6-12;1-2/h2-6,11,13H,7-10H2,1H3,(H,15,16);1-2H3. The Morgan fingerprint density at radius 2 is 1.61 bits per heavy atom. The zero-order valence-electron chi connectivity index (χ0n) is 11.8. The van der Waals surface area contributed by atoms with E-state index in [1.807, 2.05) is 44.2 Å². The molecule has 0 saturated heterocycles. The third kappa shape index (κ3) is 4.52. The van der Waals surface area contributed by atoms with Crippen LogP contribution >= 0.6 is 0 Å². The van der Waals surface area contributed by atoms with E-state index in [0.29, 0.717) is 6.04 Å². The lowest BCUT2D eigenvalue weighted by molar-refractivity contribution is 0.0923. The van der Waals surface area contributed by atoms with Gasteiger partial charge in [-0.05, 0) is 43.7 Å². The van der Waals surface area contributed by atoms with E-state index in [2.05, 4.69) is 12.2 Å². The number of hydrogen-bond acceptors (Lipinski definition) is 1. The molecule has 1 aromatic carbocycles. The molecule has 1 fully saturated rings. The summed E-state index contributed by atoms with van der Waals surface area (Å²) in [5.41, 5.74) is 0.765. The topological polar surface area (TPSA) is 29.1 Å². The van der Waals surface area contributed by atoms with E-state index < -0.39 is 0 Å². The minimum atomic E-state index is 0.0696. The number of nitrogens with one attached hydrogen (secondary N) is 1. The van der Waals surface area contributed by atoms with Gasteiger partial charge in [0.05, 0.1) is 0 Å². The fourth-order valence-corrected chi connectivity index (χ4v) is 2.26. The zero-order valence-corrected chi connectivity index (χ0v) is 11.8. The first-order valence-electron chi connectivity index (χ1n) is 7.11. The first kappa shape index (κ1) is 14.7. The van der Waals surface area contributed by atoms with Gasteiger partial charge in [-0.15, -0.1) is 0 Å². The highest BCUT2D eigenvalue weighted by atomic mass is 16.1. The third-order valence-corrected chi connectivity index (χ3v) is 3.39. The van der Waals surface area contributed by atoms with Gasteiger partial charge in [-0.25, -0.2) is 0 Å². The average molecular weight is 247 g/mol. The molecule has 100 valence electrons. The smallest absolute Gasteiger partial charge is 0.251 e. The van der Waals surface area contributed by atoms with Crippen LogP contribution in [0, 0.1) is 5.92 Å². The van der Waals surface area contributed by atoms with Crippen LogP contribution in [0.3, 0.4) is 0 Å². The van der Waals surface area contributed by atoms with Crippen molar-refractivity contribution >= 4 is 5.91 Å². The van der Waals surface area contributed by atoms with Crippen molar-refractivity contribution in [2.75, 3.05) is 0 Å². The molecule has 1 aromatic rings. The van der Waals surface area contributed by atoms with Crippen LogP contribution in [-0.2, 0) is 0 Å². The SMILES string of the molecule is CC.CC1CCC(NC(=O)c2ccccc2)CC1. The van der Waals surface area contributed by atoms with Gasteiger partial charge in [0.15, 0.2) is 0 Å². The van der Waals surface area contributed by atoms with E-state index >= 15 is 0 Å². The second kappa shape index (κ2) is 7.91. The molecule has 2 rings (SSSR count). The Morgan fingerprint density at radius 1 is 1.06 bits per heavy atom. The summed E-state index contributed by atoms with van der Waals surface area (Å²) in [6.07, 6.45) is 4.72. The largest absolute Gasteiger partial charge is 0.349 e. The molecule has 1 aliphatic rings. The van der Waals surface area contributed by atoms with E-state index in [1.165, 1.54) is 12.8 Å². The lowest BCUT2D eigenvalue weighted by atomic mass is 9.87. The minimum Gasteiger partial charge on any atom is -0.349 e. The lowest BCUT2D eigenvalue weighted by Gasteiger charge is -2.26. The summed E-state index contributed by atoms with van der Waals surface area (Å²) in [5, 5.41) is 3.12. The number of amides is 1. The van der Waals surface area contributed by atoms with Gasteiger partial charge in [-0.2, -0.15) is 0 Å². The first-order chi connectivity index (χ1) is 8.75. The summed E-state index contributed by atoms with van der Waals surface area (Å²) in [6.45, 7) is 6.29. The Kier molecular flexibility index (Phi) is 6.48. The molecule has 2 heteroatoms. The van der Waals surface area contributed by atoms with Crippen molar-refractivity contribution < 1.29 is 4.79 Å². The molecule has 0 atom stereocenters. The lowest BCUT2D eigenvalue weighted by Crippen LogP contribution is -2.37. The highest BCUT2D eigenvalue weighted by Gasteiger charge is 2.19. The van der Waals surface area contributed by atoms with Crippen LogP contribution in [-0.4, -0.2) is 11.9 Å². The van der Waals surface area contributed by atoms with E-state index in [-0.39, 0.29) is 5.91 Å². The van der Waals surface area contributed by atoms with Crippen LogP contribution in [0.2, 0.25) is 0 Å². The third-order valence-electron chi connectivity index (χ3n) is 3.39. The number of carbonyl (C=O) groups excluding carboxylic acids is 1. The predicted molar refractivity (Wildman–Crippen MR) is 76.7 cm³/mol. The van der Waals surface area contributed by atoms with E-state index in [4.69, 9.17) is 0 Å². The van der Waals surface area contributed by atoms with Gasteiger partial charge in [0.25, 0.3) is 5.91 Å². The maximum Gasteiger partial charge on any atom is 0.251 e. The molecule has 1 aliphatic carbocycles. The zero-order chi connectivity index (χ0) is 13.4. The van der Waals surface area contributed by atoms with Gasteiger partial charge >= 0.3 is 0 Å². The number of hydrogen-bond donors (Lipinski definition) is 1. The number of carbonyl (C=O) groups is 1. The Hall–Kier alpha value is -1.31. The molecule has 0 spiro atoms. The van der Waals surface area contributed by atoms with Gasteiger partial charge in [-0.1, -0.05) is 39.0 Å². The van der Waals surface area contributed by atoms with Crippen LogP contribution in [0.25, 0.3) is 0 Å². The molecule has 0 radical (unpaired) electrons. The minimum absolute atomic E-state index is 0.0696. The molecule has 0 aromatic heterocycles. The van der Waals surface area contributed by atoms with Gasteiger partial charge in [0, 0.05) is 11.6 Å². The van der Waals surface area contributed by atoms with Crippen molar-refractivity contribution in [3.05, 3.63) is 35.9 Å². The highest BCUT2D eigenvalue weighted by molar-refractivity contribution is 5.94. The molecular formula is C16H25NO. The first-order valence-corrected chi connectivity index (χ1v) is 7.11. The monoisotopic (exact) mass is 247 g/mol. The van der Waals surface area contributed by atoms with E-state index in [9.17, 15) is 4.79 Å². The second-order valence-corrected chi connectivity index (χ2v) is 4.80. The van der Waals surface area contributed by atoms with E-state index in [0.717, 1.165) is 24.3 Å². The number of benzene rings is 1. The Bertz CT molecular complexity index is 339. The Balaban J connectivity index is 0.000000771. The summed E-state index contributed by atoms with van der Waals surface area (Å²) >= 11 is 0. The summed E-state index contributed by atoms with van der Waals surface area (Å²) in [7, 11) is 0. The van der Waals surface area contributed by atoms with E-state index in [1.54, 1.807) is 0 Å². The normalized spacial score (nSPS) is 22.6. The summed E-state index contributed by atoms with van der Waals surface area (Å²) < 4.78 is 0. The van der Waals surface area contributed by atoms with Crippen LogP contribution in [0.5, 0.6) is 0 Å². The van der Waals surface area contributed by atoms with Crippen molar-refractivity contribution in [3.8, 4) is 0 Å². The molecule has 1 amide bonds. The highest BCUT2D eigenvalue weighted by Crippen LogP contribution is 2.23. The van der Waals surface area contributed by atoms with Crippen LogP contribution < -0.4 is 5.32 Å². The molecule has 2 nitrogen and oxygen atoms in total. The molecule has 0 aliphatic heterocycles. The fourth-order valence-electron chi connectivity index (χ4n) is 2.26. The van der Waals surface area contributed by atoms with Crippen molar-refractivity contribution in [2.24, 2.45) is 5.92 Å². The van der Waals surface area contributed by atoms with Crippen molar-refractivity contribution in [1.82, 2.24) is 5.32 Å². The molecule has 1 N–H and O–H groups in total. The van der Waals surface area contributed by atoms with Gasteiger partial charge in [-0.3, -0.25) is 4.79 Å². The number of rotatable bonds is 2.